The minimum Gasteiger partial charge on any atom is -0.356 e. The van der Waals surface area contributed by atoms with E-state index in [-0.39, 0.29) is 6.04 Å². The lowest BCUT2D eigenvalue weighted by Crippen LogP contribution is -2.30. The van der Waals surface area contributed by atoms with Crippen LogP contribution in [0, 0.1) is 13.8 Å². The summed E-state index contributed by atoms with van der Waals surface area (Å²) in [5.74, 6) is 0. The summed E-state index contributed by atoms with van der Waals surface area (Å²) in [5.41, 5.74) is 5.71. The molecule has 0 aliphatic heterocycles. The molecule has 0 fully saturated rings. The zero-order chi connectivity index (χ0) is 17.8. The Morgan fingerprint density at radius 1 is 1.08 bits per heavy atom. The van der Waals surface area contributed by atoms with Crippen LogP contribution in [0.15, 0.2) is 61.2 Å². The van der Waals surface area contributed by atoms with E-state index in [0.29, 0.717) is 5.11 Å². The maximum Gasteiger partial charge on any atom is 0.171 e. The number of nitrogens with zero attached hydrogens (tertiary/aromatic N) is 2. The highest BCUT2D eigenvalue weighted by atomic mass is 32.1. The van der Waals surface area contributed by atoms with Gasteiger partial charge in [-0.1, -0.05) is 18.2 Å². The van der Waals surface area contributed by atoms with Crippen molar-refractivity contribution in [1.82, 2.24) is 14.9 Å². The largest absolute Gasteiger partial charge is 0.356 e. The number of hydrogen-bond donors (Lipinski definition) is 2. The number of hydrogen-bond acceptors (Lipinski definition) is 2. The summed E-state index contributed by atoms with van der Waals surface area (Å²) in [4.78, 5) is 4.07. The van der Waals surface area contributed by atoms with Crippen molar-refractivity contribution in [3.63, 3.8) is 0 Å². The van der Waals surface area contributed by atoms with Crippen molar-refractivity contribution in [3.05, 3.63) is 77.9 Å². The number of aryl methyl sites for hydroxylation is 2. The molecule has 3 rings (SSSR count). The molecule has 3 aromatic rings. The van der Waals surface area contributed by atoms with Gasteiger partial charge in [-0.3, -0.25) is 0 Å². The summed E-state index contributed by atoms with van der Waals surface area (Å²) >= 11 is 5.45. The second-order valence-electron chi connectivity index (χ2n) is 6.26. The molecule has 4 nitrogen and oxygen atoms in total. The number of thiocarbonyl (C=S) groups is 1. The predicted molar refractivity (Wildman–Crippen MR) is 107 cm³/mol. The monoisotopic (exact) mass is 350 g/mol. The van der Waals surface area contributed by atoms with Crippen molar-refractivity contribution in [1.29, 1.82) is 0 Å². The van der Waals surface area contributed by atoms with Gasteiger partial charge in [0.1, 0.15) is 0 Å². The second kappa shape index (κ2) is 7.49. The van der Waals surface area contributed by atoms with Gasteiger partial charge in [0.05, 0.1) is 12.4 Å². The Bertz CT molecular complexity index is 834. The van der Waals surface area contributed by atoms with Crippen LogP contribution in [0.5, 0.6) is 0 Å². The Morgan fingerprint density at radius 3 is 2.36 bits per heavy atom. The average molecular weight is 350 g/mol. The topological polar surface area (TPSA) is 41.9 Å². The molecule has 2 N–H and O–H groups in total. The van der Waals surface area contributed by atoms with E-state index in [1.165, 1.54) is 16.7 Å². The van der Waals surface area contributed by atoms with E-state index in [1.807, 2.05) is 10.8 Å². The van der Waals surface area contributed by atoms with Crippen LogP contribution >= 0.6 is 12.2 Å². The average Bonchev–Trinajstić information content (AvgIpc) is 3.08. The van der Waals surface area contributed by atoms with Gasteiger partial charge in [-0.15, -0.1) is 0 Å². The van der Waals surface area contributed by atoms with E-state index < -0.39 is 0 Å². The SMILES string of the molecule is Cc1cc(C)cc(NC(=S)NC(C)c2ccc(-n3ccnc3)cc2)c1. The molecule has 0 bridgehead atoms. The molecule has 2 aromatic carbocycles. The Morgan fingerprint density at radius 2 is 1.76 bits per heavy atom. The molecular weight excluding hydrogens is 328 g/mol. The van der Waals surface area contributed by atoms with Crippen LogP contribution in [-0.2, 0) is 0 Å². The first-order valence-corrected chi connectivity index (χ1v) is 8.66. The predicted octanol–water partition coefficient (Wildman–Crippen LogP) is 4.54. The normalized spacial score (nSPS) is 11.8. The zero-order valence-electron chi connectivity index (χ0n) is 14.7. The lowest BCUT2D eigenvalue weighted by molar-refractivity contribution is 0.722. The van der Waals surface area contributed by atoms with E-state index >= 15 is 0 Å². The van der Waals surface area contributed by atoms with Crippen LogP contribution in [0.2, 0.25) is 0 Å². The summed E-state index contributed by atoms with van der Waals surface area (Å²) in [6.45, 7) is 6.26. The lowest BCUT2D eigenvalue weighted by atomic mass is 10.1. The molecule has 0 spiro atoms. The standard InChI is InChI=1S/C20H22N4S/c1-14-10-15(2)12-18(11-14)23-20(25)22-16(3)17-4-6-19(7-5-17)24-9-8-21-13-24/h4-13,16H,1-3H3,(H2,22,23,25). The summed E-state index contributed by atoms with van der Waals surface area (Å²) in [6.07, 6.45) is 5.49. The van der Waals surface area contributed by atoms with Crippen molar-refractivity contribution < 1.29 is 0 Å². The summed E-state index contributed by atoms with van der Waals surface area (Å²) in [6, 6.07) is 14.8. The number of aromatic nitrogens is 2. The Labute approximate surface area is 153 Å². The van der Waals surface area contributed by atoms with Crippen molar-refractivity contribution in [2.24, 2.45) is 0 Å². The summed E-state index contributed by atoms with van der Waals surface area (Å²) < 4.78 is 1.98. The molecule has 0 aliphatic carbocycles. The highest BCUT2D eigenvalue weighted by Gasteiger charge is 2.08. The Kier molecular flexibility index (Phi) is 5.14. The maximum absolute atomic E-state index is 5.45. The van der Waals surface area contributed by atoms with Gasteiger partial charge in [0, 0.05) is 23.8 Å². The fourth-order valence-corrected chi connectivity index (χ4v) is 3.14. The van der Waals surface area contributed by atoms with Crippen LogP contribution in [0.4, 0.5) is 5.69 Å². The highest BCUT2D eigenvalue weighted by Crippen LogP contribution is 2.17. The van der Waals surface area contributed by atoms with Crippen LogP contribution in [0.3, 0.4) is 0 Å². The van der Waals surface area contributed by atoms with Gasteiger partial charge in [0.15, 0.2) is 5.11 Å². The van der Waals surface area contributed by atoms with Crippen molar-refractivity contribution in [3.8, 4) is 5.69 Å². The Hall–Kier alpha value is -2.66. The van der Waals surface area contributed by atoms with Gasteiger partial charge in [0.25, 0.3) is 0 Å². The molecule has 0 aliphatic rings. The van der Waals surface area contributed by atoms with Gasteiger partial charge in [-0.2, -0.15) is 0 Å². The highest BCUT2D eigenvalue weighted by molar-refractivity contribution is 7.80. The molecule has 0 radical (unpaired) electrons. The van der Waals surface area contributed by atoms with Gasteiger partial charge in [0.2, 0.25) is 0 Å². The third kappa shape index (κ3) is 4.45. The van der Waals surface area contributed by atoms with Crippen LogP contribution in [0.25, 0.3) is 5.69 Å². The van der Waals surface area contributed by atoms with E-state index in [2.05, 4.69) is 78.9 Å². The van der Waals surface area contributed by atoms with E-state index in [9.17, 15) is 0 Å². The van der Waals surface area contributed by atoms with Crippen molar-refractivity contribution in [2.75, 3.05) is 5.32 Å². The first-order valence-electron chi connectivity index (χ1n) is 8.25. The minimum absolute atomic E-state index is 0.114. The molecule has 128 valence electrons. The fraction of sp³-hybridized carbons (Fsp3) is 0.200. The Balaban J connectivity index is 1.63. The molecule has 1 heterocycles. The van der Waals surface area contributed by atoms with E-state index in [1.54, 1.807) is 12.5 Å². The van der Waals surface area contributed by atoms with Gasteiger partial charge in [-0.25, -0.2) is 4.98 Å². The number of imidazole rings is 1. The molecule has 0 amide bonds. The third-order valence-electron chi connectivity index (χ3n) is 4.02. The van der Waals surface area contributed by atoms with Crippen LogP contribution in [-0.4, -0.2) is 14.7 Å². The molecule has 25 heavy (non-hydrogen) atoms. The molecule has 0 saturated heterocycles. The van der Waals surface area contributed by atoms with Crippen LogP contribution in [0.1, 0.15) is 29.7 Å². The number of nitrogens with one attached hydrogen (secondary N) is 2. The fourth-order valence-electron chi connectivity index (χ4n) is 2.84. The minimum atomic E-state index is 0.114. The quantitative estimate of drug-likeness (QED) is 0.678. The second-order valence-corrected chi connectivity index (χ2v) is 6.67. The molecule has 5 heteroatoms. The van der Waals surface area contributed by atoms with Crippen LogP contribution < -0.4 is 10.6 Å². The van der Waals surface area contributed by atoms with Gasteiger partial charge in [-0.05, 0) is 73.9 Å². The number of anilines is 1. The van der Waals surface area contributed by atoms with E-state index in [4.69, 9.17) is 12.2 Å². The van der Waals surface area contributed by atoms with E-state index in [0.717, 1.165) is 11.4 Å². The molecule has 1 aromatic heterocycles. The number of rotatable bonds is 4. The third-order valence-corrected chi connectivity index (χ3v) is 4.24. The van der Waals surface area contributed by atoms with Crippen molar-refractivity contribution in [2.45, 2.75) is 26.8 Å². The molecule has 0 saturated carbocycles. The smallest absolute Gasteiger partial charge is 0.171 e. The van der Waals surface area contributed by atoms with Gasteiger partial charge >= 0.3 is 0 Å². The first-order chi connectivity index (χ1) is 12.0. The zero-order valence-corrected chi connectivity index (χ0v) is 15.5. The maximum atomic E-state index is 5.45. The molecule has 1 unspecified atom stereocenters. The van der Waals surface area contributed by atoms with Crippen molar-refractivity contribution >= 4 is 23.0 Å². The number of benzene rings is 2. The molecular formula is C20H22N4S. The lowest BCUT2D eigenvalue weighted by Gasteiger charge is -2.18. The summed E-state index contributed by atoms with van der Waals surface area (Å²) in [7, 11) is 0. The first kappa shape index (κ1) is 17.2. The molecule has 1 atom stereocenters. The van der Waals surface area contributed by atoms with Gasteiger partial charge < -0.3 is 15.2 Å². The summed E-state index contributed by atoms with van der Waals surface area (Å²) in [5, 5.41) is 7.23.